The lowest BCUT2D eigenvalue weighted by molar-refractivity contribution is 0.0503. The topological polar surface area (TPSA) is 79.2 Å². The number of carbonyl (C=O) groups is 2. The second-order valence-electron chi connectivity index (χ2n) is 4.76. The van der Waals surface area contributed by atoms with Crippen LogP contribution >= 0.6 is 0 Å². The SMILES string of the molecule is N#CCCCOC(=O)c1ccccc1NC(=O)c1ccccc1. The lowest BCUT2D eigenvalue weighted by Gasteiger charge is -2.10. The molecule has 0 unspecified atom stereocenters. The summed E-state index contributed by atoms with van der Waals surface area (Å²) < 4.78 is 5.12. The molecule has 0 radical (unpaired) electrons. The number of para-hydroxylation sites is 1. The Morgan fingerprint density at radius 3 is 2.48 bits per heavy atom. The van der Waals surface area contributed by atoms with Crippen LogP contribution in [0.1, 0.15) is 33.6 Å². The summed E-state index contributed by atoms with van der Waals surface area (Å²) in [5.41, 5.74) is 1.19. The van der Waals surface area contributed by atoms with Crippen molar-refractivity contribution in [1.82, 2.24) is 0 Å². The number of nitrogens with zero attached hydrogens (tertiary/aromatic N) is 1. The number of ether oxygens (including phenoxy) is 1. The number of carbonyl (C=O) groups excluding carboxylic acids is 2. The van der Waals surface area contributed by atoms with Gasteiger partial charge >= 0.3 is 5.97 Å². The molecule has 2 rings (SSSR count). The number of benzene rings is 2. The van der Waals surface area contributed by atoms with Crippen LogP contribution in [0.15, 0.2) is 54.6 Å². The van der Waals surface area contributed by atoms with Gasteiger partial charge in [-0.05, 0) is 30.7 Å². The van der Waals surface area contributed by atoms with Gasteiger partial charge in [-0.25, -0.2) is 4.79 Å². The van der Waals surface area contributed by atoms with Crippen LogP contribution in [0.3, 0.4) is 0 Å². The molecule has 5 heteroatoms. The highest BCUT2D eigenvalue weighted by Gasteiger charge is 2.14. The summed E-state index contributed by atoms with van der Waals surface area (Å²) >= 11 is 0. The Kier molecular flexibility index (Phi) is 5.89. The summed E-state index contributed by atoms with van der Waals surface area (Å²) in [5.74, 6) is -0.817. The molecule has 0 fully saturated rings. The number of anilines is 1. The molecule has 0 aromatic heterocycles. The molecule has 0 aliphatic rings. The summed E-state index contributed by atoms with van der Waals surface area (Å²) in [7, 11) is 0. The molecule has 0 heterocycles. The molecule has 0 aliphatic carbocycles. The number of hydrogen-bond acceptors (Lipinski definition) is 4. The molecule has 2 aromatic carbocycles. The predicted octanol–water partition coefficient (Wildman–Crippen LogP) is 3.40. The zero-order chi connectivity index (χ0) is 16.5. The van der Waals surface area contributed by atoms with Gasteiger partial charge in [0, 0.05) is 12.0 Å². The van der Waals surface area contributed by atoms with Crippen LogP contribution in [-0.4, -0.2) is 18.5 Å². The van der Waals surface area contributed by atoms with Gasteiger partial charge < -0.3 is 10.1 Å². The number of esters is 1. The van der Waals surface area contributed by atoms with Gasteiger partial charge in [0.05, 0.1) is 23.9 Å². The number of rotatable bonds is 6. The van der Waals surface area contributed by atoms with E-state index in [0.29, 0.717) is 24.1 Å². The Bertz CT molecular complexity index is 721. The third-order valence-corrected chi connectivity index (χ3v) is 3.10. The monoisotopic (exact) mass is 308 g/mol. The summed E-state index contributed by atoms with van der Waals surface area (Å²) in [5, 5.41) is 11.2. The maximum Gasteiger partial charge on any atom is 0.340 e. The second-order valence-corrected chi connectivity index (χ2v) is 4.76. The maximum atomic E-state index is 12.2. The number of unbranched alkanes of at least 4 members (excludes halogenated alkanes) is 1. The molecular formula is C18H16N2O3. The molecule has 0 atom stereocenters. The minimum absolute atomic E-state index is 0.174. The first-order valence-corrected chi connectivity index (χ1v) is 7.22. The van der Waals surface area contributed by atoms with Gasteiger partial charge in [-0.2, -0.15) is 5.26 Å². The molecular weight excluding hydrogens is 292 g/mol. The Balaban J connectivity index is 2.07. The van der Waals surface area contributed by atoms with Crippen LogP contribution < -0.4 is 5.32 Å². The van der Waals surface area contributed by atoms with E-state index in [1.54, 1.807) is 48.5 Å². The van der Waals surface area contributed by atoms with Gasteiger partial charge in [-0.3, -0.25) is 4.79 Å². The van der Waals surface area contributed by atoms with Gasteiger partial charge in [0.1, 0.15) is 0 Å². The molecule has 0 bridgehead atoms. The van der Waals surface area contributed by atoms with Crippen molar-refractivity contribution in [3.05, 3.63) is 65.7 Å². The Hall–Kier alpha value is -3.13. The zero-order valence-electron chi connectivity index (χ0n) is 12.5. The molecule has 2 aromatic rings. The number of amides is 1. The standard InChI is InChI=1S/C18H16N2O3/c19-12-6-7-13-23-18(22)15-10-4-5-11-16(15)20-17(21)14-8-2-1-3-9-14/h1-5,8-11H,6-7,13H2,(H,20,21). The molecule has 0 saturated carbocycles. The molecule has 0 saturated heterocycles. The highest BCUT2D eigenvalue weighted by Crippen LogP contribution is 2.17. The van der Waals surface area contributed by atoms with Gasteiger partial charge in [0.25, 0.3) is 5.91 Å². The van der Waals surface area contributed by atoms with E-state index in [9.17, 15) is 9.59 Å². The van der Waals surface area contributed by atoms with E-state index >= 15 is 0 Å². The van der Waals surface area contributed by atoms with Crippen molar-refractivity contribution < 1.29 is 14.3 Å². The first kappa shape index (κ1) is 16.2. The predicted molar refractivity (Wildman–Crippen MR) is 86.0 cm³/mol. The van der Waals surface area contributed by atoms with Crippen molar-refractivity contribution in [3.63, 3.8) is 0 Å². The Labute approximate surface area is 134 Å². The fourth-order valence-electron chi connectivity index (χ4n) is 1.95. The van der Waals surface area contributed by atoms with E-state index in [1.807, 2.05) is 12.1 Å². The summed E-state index contributed by atoms with van der Waals surface area (Å²) in [6, 6.07) is 17.4. The van der Waals surface area contributed by atoms with Crippen molar-refractivity contribution in [2.24, 2.45) is 0 Å². The lowest BCUT2D eigenvalue weighted by Crippen LogP contribution is -2.16. The second kappa shape index (κ2) is 8.35. The van der Waals surface area contributed by atoms with E-state index in [2.05, 4.69) is 5.32 Å². The summed E-state index contributed by atoms with van der Waals surface area (Å²) in [4.78, 5) is 24.3. The van der Waals surface area contributed by atoms with E-state index in [-0.39, 0.29) is 18.1 Å². The first-order valence-electron chi connectivity index (χ1n) is 7.22. The third kappa shape index (κ3) is 4.68. The normalized spacial score (nSPS) is 9.70. The average Bonchev–Trinajstić information content (AvgIpc) is 2.60. The van der Waals surface area contributed by atoms with Crippen LogP contribution in [0.25, 0.3) is 0 Å². The van der Waals surface area contributed by atoms with Crippen molar-refractivity contribution in [1.29, 1.82) is 5.26 Å². The third-order valence-electron chi connectivity index (χ3n) is 3.10. The van der Waals surface area contributed by atoms with Gasteiger partial charge in [0.15, 0.2) is 0 Å². The number of hydrogen-bond donors (Lipinski definition) is 1. The van der Waals surface area contributed by atoms with Gasteiger partial charge in [-0.1, -0.05) is 30.3 Å². The minimum Gasteiger partial charge on any atom is -0.462 e. The number of nitriles is 1. The van der Waals surface area contributed by atoms with E-state index in [1.165, 1.54) is 0 Å². The first-order chi connectivity index (χ1) is 11.2. The van der Waals surface area contributed by atoms with E-state index in [0.717, 1.165) is 0 Å². The molecule has 0 aliphatic heterocycles. The van der Waals surface area contributed by atoms with Gasteiger partial charge in [0.2, 0.25) is 0 Å². The maximum absolute atomic E-state index is 12.2. The highest BCUT2D eigenvalue weighted by atomic mass is 16.5. The van der Waals surface area contributed by atoms with Crippen LogP contribution in [0.2, 0.25) is 0 Å². The largest absolute Gasteiger partial charge is 0.462 e. The van der Waals surface area contributed by atoms with Crippen LogP contribution in [0, 0.1) is 11.3 Å². The molecule has 1 N–H and O–H groups in total. The molecule has 1 amide bonds. The quantitative estimate of drug-likeness (QED) is 0.655. The fourth-order valence-corrected chi connectivity index (χ4v) is 1.95. The van der Waals surface area contributed by atoms with Crippen molar-refractivity contribution >= 4 is 17.6 Å². The zero-order valence-corrected chi connectivity index (χ0v) is 12.5. The Morgan fingerprint density at radius 1 is 1.04 bits per heavy atom. The summed E-state index contributed by atoms with van der Waals surface area (Å²) in [6.07, 6.45) is 0.820. The smallest absolute Gasteiger partial charge is 0.340 e. The van der Waals surface area contributed by atoms with Gasteiger partial charge in [-0.15, -0.1) is 0 Å². The molecule has 0 spiro atoms. The molecule has 116 valence electrons. The van der Waals surface area contributed by atoms with E-state index < -0.39 is 5.97 Å². The Morgan fingerprint density at radius 2 is 1.74 bits per heavy atom. The number of nitrogens with one attached hydrogen (secondary N) is 1. The average molecular weight is 308 g/mol. The van der Waals surface area contributed by atoms with Crippen molar-refractivity contribution in [3.8, 4) is 6.07 Å². The highest BCUT2D eigenvalue weighted by molar-refractivity contribution is 6.07. The van der Waals surface area contributed by atoms with E-state index in [4.69, 9.17) is 10.00 Å². The summed E-state index contributed by atoms with van der Waals surface area (Å²) in [6.45, 7) is 0.174. The molecule has 5 nitrogen and oxygen atoms in total. The molecule has 23 heavy (non-hydrogen) atoms. The lowest BCUT2D eigenvalue weighted by atomic mass is 10.1. The fraction of sp³-hybridized carbons (Fsp3) is 0.167. The van der Waals surface area contributed by atoms with Crippen LogP contribution in [0.4, 0.5) is 5.69 Å². The minimum atomic E-state index is -0.521. The van der Waals surface area contributed by atoms with Crippen molar-refractivity contribution in [2.45, 2.75) is 12.8 Å². The van der Waals surface area contributed by atoms with Crippen LogP contribution in [-0.2, 0) is 4.74 Å². The van der Waals surface area contributed by atoms with Crippen molar-refractivity contribution in [2.75, 3.05) is 11.9 Å². The van der Waals surface area contributed by atoms with Crippen LogP contribution in [0.5, 0.6) is 0 Å².